The van der Waals surface area contributed by atoms with Crippen molar-refractivity contribution in [2.75, 3.05) is 16.8 Å². The highest BCUT2D eigenvalue weighted by Crippen LogP contribution is 2.30. The number of amides is 1. The number of anilines is 2. The molecule has 0 aromatic heterocycles. The molecule has 29 heavy (non-hydrogen) atoms. The second-order valence-corrected chi connectivity index (χ2v) is 7.07. The molecule has 0 radical (unpaired) electrons. The first-order chi connectivity index (χ1) is 14.1. The van der Waals surface area contributed by atoms with Gasteiger partial charge in [0.25, 0.3) is 5.69 Å². The van der Waals surface area contributed by atoms with Crippen LogP contribution in [0, 0.1) is 10.1 Å². The van der Waals surface area contributed by atoms with E-state index in [4.69, 9.17) is 0 Å². The Morgan fingerprint density at radius 2 is 1.66 bits per heavy atom. The Kier molecular flexibility index (Phi) is 5.24. The van der Waals surface area contributed by atoms with Gasteiger partial charge in [-0.05, 0) is 29.7 Å². The van der Waals surface area contributed by atoms with Crippen molar-refractivity contribution in [1.29, 1.82) is 0 Å². The number of carbonyl (C=O) groups is 1. The fraction of sp³-hybridized carbons (Fsp3) is 0.174. The maximum Gasteiger partial charge on any atom is 0.273 e. The number of nitrogens with one attached hydrogen (secondary N) is 1. The van der Waals surface area contributed by atoms with E-state index in [1.54, 1.807) is 18.2 Å². The van der Waals surface area contributed by atoms with Crippen LogP contribution in [0.15, 0.2) is 72.8 Å². The summed E-state index contributed by atoms with van der Waals surface area (Å²) in [6.45, 7) is 1.64. The molecule has 0 bridgehead atoms. The van der Waals surface area contributed by atoms with E-state index in [1.807, 2.05) is 30.3 Å². The number of nitro groups is 1. The van der Waals surface area contributed by atoms with Crippen molar-refractivity contribution < 1.29 is 9.72 Å². The molecule has 0 fully saturated rings. The monoisotopic (exact) mass is 387 g/mol. The molecule has 146 valence electrons. The Balaban J connectivity index is 1.49. The zero-order valence-electron chi connectivity index (χ0n) is 15.9. The van der Waals surface area contributed by atoms with Gasteiger partial charge in [0.05, 0.1) is 11.3 Å². The van der Waals surface area contributed by atoms with E-state index < -0.39 is 4.92 Å². The van der Waals surface area contributed by atoms with Crippen LogP contribution in [0.25, 0.3) is 0 Å². The SMILES string of the molecule is O=C(Cc1ccccc1[N+](=O)[O-])Nc1ccccc1CN1CCc2ccccc21. The summed E-state index contributed by atoms with van der Waals surface area (Å²) in [6, 6.07) is 22.4. The van der Waals surface area contributed by atoms with Gasteiger partial charge in [0, 0.05) is 36.1 Å². The van der Waals surface area contributed by atoms with E-state index in [1.165, 1.54) is 17.3 Å². The number of hydrogen-bond acceptors (Lipinski definition) is 4. The minimum absolute atomic E-state index is 0.0374. The molecule has 0 saturated heterocycles. The van der Waals surface area contributed by atoms with E-state index in [-0.39, 0.29) is 18.0 Å². The fourth-order valence-electron chi connectivity index (χ4n) is 3.76. The van der Waals surface area contributed by atoms with Crippen LogP contribution >= 0.6 is 0 Å². The third-order valence-corrected chi connectivity index (χ3v) is 5.18. The van der Waals surface area contributed by atoms with E-state index in [0.717, 1.165) is 24.2 Å². The summed E-state index contributed by atoms with van der Waals surface area (Å²) in [5.74, 6) is -0.270. The van der Waals surface area contributed by atoms with Gasteiger partial charge in [0.2, 0.25) is 5.91 Å². The van der Waals surface area contributed by atoms with Gasteiger partial charge in [-0.2, -0.15) is 0 Å². The molecule has 0 atom stereocenters. The first kappa shape index (κ1) is 18.7. The maximum absolute atomic E-state index is 12.6. The first-order valence-corrected chi connectivity index (χ1v) is 9.55. The zero-order chi connectivity index (χ0) is 20.2. The number of rotatable bonds is 6. The van der Waals surface area contributed by atoms with Crippen LogP contribution < -0.4 is 10.2 Å². The minimum Gasteiger partial charge on any atom is -0.367 e. The number of nitrogens with zero attached hydrogens (tertiary/aromatic N) is 2. The largest absolute Gasteiger partial charge is 0.367 e. The Morgan fingerprint density at radius 1 is 0.966 bits per heavy atom. The minimum atomic E-state index is -0.457. The Bertz CT molecular complexity index is 1060. The maximum atomic E-state index is 12.6. The van der Waals surface area contributed by atoms with Crippen LogP contribution in [0.2, 0.25) is 0 Å². The van der Waals surface area contributed by atoms with Gasteiger partial charge < -0.3 is 10.2 Å². The second-order valence-electron chi connectivity index (χ2n) is 7.07. The highest BCUT2D eigenvalue weighted by molar-refractivity contribution is 5.93. The van der Waals surface area contributed by atoms with Crippen molar-refractivity contribution in [3.8, 4) is 0 Å². The van der Waals surface area contributed by atoms with Gasteiger partial charge in [-0.15, -0.1) is 0 Å². The van der Waals surface area contributed by atoms with Crippen molar-refractivity contribution in [2.24, 2.45) is 0 Å². The van der Waals surface area contributed by atoms with E-state index in [2.05, 4.69) is 28.4 Å². The number of nitro benzene ring substituents is 1. The number of hydrogen-bond donors (Lipinski definition) is 1. The molecule has 3 aromatic carbocycles. The highest BCUT2D eigenvalue weighted by Gasteiger charge is 2.20. The zero-order valence-corrected chi connectivity index (χ0v) is 15.9. The summed E-state index contributed by atoms with van der Waals surface area (Å²) >= 11 is 0. The van der Waals surface area contributed by atoms with Crippen LogP contribution in [0.4, 0.5) is 17.1 Å². The predicted molar refractivity (Wildman–Crippen MR) is 113 cm³/mol. The van der Waals surface area contributed by atoms with Gasteiger partial charge in [0.1, 0.15) is 0 Å². The molecule has 1 amide bonds. The third kappa shape index (κ3) is 4.11. The lowest BCUT2D eigenvalue weighted by atomic mass is 10.1. The van der Waals surface area contributed by atoms with Crippen molar-refractivity contribution in [2.45, 2.75) is 19.4 Å². The molecule has 0 unspecified atom stereocenters. The van der Waals surface area contributed by atoms with E-state index in [9.17, 15) is 14.9 Å². The summed E-state index contributed by atoms with van der Waals surface area (Å²) in [6.07, 6.45) is 0.973. The number of benzene rings is 3. The molecule has 3 aromatic rings. The van der Waals surface area contributed by atoms with Gasteiger partial charge >= 0.3 is 0 Å². The molecule has 0 saturated carbocycles. The molecule has 1 N–H and O–H groups in total. The average Bonchev–Trinajstić information content (AvgIpc) is 3.13. The Morgan fingerprint density at radius 3 is 2.48 bits per heavy atom. The lowest BCUT2D eigenvalue weighted by Gasteiger charge is -2.21. The molecule has 0 aliphatic carbocycles. The molecule has 6 heteroatoms. The molecule has 0 spiro atoms. The van der Waals surface area contributed by atoms with Gasteiger partial charge in [0.15, 0.2) is 0 Å². The molecule has 1 aliphatic heterocycles. The lowest BCUT2D eigenvalue weighted by Crippen LogP contribution is -2.22. The van der Waals surface area contributed by atoms with E-state index in [0.29, 0.717) is 12.1 Å². The average molecular weight is 387 g/mol. The topological polar surface area (TPSA) is 75.5 Å². The molecule has 1 aliphatic rings. The Labute approximate surface area is 168 Å². The van der Waals surface area contributed by atoms with Gasteiger partial charge in [-0.25, -0.2) is 0 Å². The highest BCUT2D eigenvalue weighted by atomic mass is 16.6. The first-order valence-electron chi connectivity index (χ1n) is 9.55. The number of fused-ring (bicyclic) bond motifs is 1. The van der Waals surface area contributed by atoms with E-state index >= 15 is 0 Å². The van der Waals surface area contributed by atoms with Crippen molar-refractivity contribution in [3.05, 3.63) is 99.6 Å². The molecule has 4 rings (SSSR count). The summed E-state index contributed by atoms with van der Waals surface area (Å²) < 4.78 is 0. The van der Waals surface area contributed by atoms with Crippen molar-refractivity contribution in [3.63, 3.8) is 0 Å². The van der Waals surface area contributed by atoms with Crippen molar-refractivity contribution >= 4 is 23.0 Å². The molecular weight excluding hydrogens is 366 g/mol. The fourth-order valence-corrected chi connectivity index (χ4v) is 3.76. The lowest BCUT2D eigenvalue weighted by molar-refractivity contribution is -0.385. The van der Waals surface area contributed by atoms with Crippen LogP contribution in [0.3, 0.4) is 0 Å². The van der Waals surface area contributed by atoms with Crippen LogP contribution in [-0.4, -0.2) is 17.4 Å². The summed E-state index contributed by atoms with van der Waals surface area (Å²) in [5, 5.41) is 14.1. The summed E-state index contributed by atoms with van der Waals surface area (Å²) in [4.78, 5) is 25.6. The second kappa shape index (κ2) is 8.14. The van der Waals surface area contributed by atoms with Crippen LogP contribution in [0.5, 0.6) is 0 Å². The van der Waals surface area contributed by atoms with Gasteiger partial charge in [-0.1, -0.05) is 54.6 Å². The number of para-hydroxylation sites is 3. The third-order valence-electron chi connectivity index (χ3n) is 5.18. The molecule has 6 nitrogen and oxygen atoms in total. The normalized spacial score (nSPS) is 12.5. The smallest absolute Gasteiger partial charge is 0.273 e. The van der Waals surface area contributed by atoms with Crippen LogP contribution in [0.1, 0.15) is 16.7 Å². The summed E-state index contributed by atoms with van der Waals surface area (Å²) in [7, 11) is 0. The standard InChI is InChI=1S/C23H21N3O3/c27-23(15-18-8-3-6-12-22(18)26(28)29)24-20-10-4-1-9-19(20)16-25-14-13-17-7-2-5-11-21(17)25/h1-12H,13-16H2,(H,24,27). The predicted octanol–water partition coefficient (Wildman–Crippen LogP) is 4.34. The van der Waals surface area contributed by atoms with Crippen LogP contribution in [-0.2, 0) is 24.2 Å². The number of carbonyl (C=O) groups excluding carboxylic acids is 1. The molecule has 1 heterocycles. The van der Waals surface area contributed by atoms with Crippen molar-refractivity contribution in [1.82, 2.24) is 0 Å². The molecular formula is C23H21N3O3. The quantitative estimate of drug-likeness (QED) is 0.504. The van der Waals surface area contributed by atoms with Gasteiger partial charge in [-0.3, -0.25) is 14.9 Å². The Hall–Kier alpha value is -3.67. The summed E-state index contributed by atoms with van der Waals surface area (Å²) in [5.41, 5.74) is 4.69.